The van der Waals surface area contributed by atoms with Crippen molar-refractivity contribution in [3.8, 4) is 5.75 Å². The summed E-state index contributed by atoms with van der Waals surface area (Å²) >= 11 is 0. The summed E-state index contributed by atoms with van der Waals surface area (Å²) in [6.45, 7) is 5.30. The van der Waals surface area contributed by atoms with Gasteiger partial charge in [-0.25, -0.2) is 4.98 Å². The van der Waals surface area contributed by atoms with E-state index in [1.807, 2.05) is 13.8 Å². The highest BCUT2D eigenvalue weighted by Gasteiger charge is 2.12. The molecule has 2 N–H and O–H groups in total. The number of hydrogen-bond acceptors (Lipinski definition) is 4. The van der Waals surface area contributed by atoms with E-state index in [1.54, 1.807) is 13.0 Å². The van der Waals surface area contributed by atoms with Gasteiger partial charge in [0.15, 0.2) is 0 Å². The quantitative estimate of drug-likeness (QED) is 0.873. The Kier molecular flexibility index (Phi) is 3.74. The summed E-state index contributed by atoms with van der Waals surface area (Å²) < 4.78 is 1.31. The van der Waals surface area contributed by atoms with Gasteiger partial charge in [-0.3, -0.25) is 14.2 Å². The number of nitrogens with one attached hydrogen (secondary N) is 1. The van der Waals surface area contributed by atoms with Gasteiger partial charge in [0.25, 0.3) is 5.56 Å². The van der Waals surface area contributed by atoms with E-state index in [9.17, 15) is 14.7 Å². The normalized spacial score (nSPS) is 11.0. The van der Waals surface area contributed by atoms with E-state index < -0.39 is 0 Å². The standard InChI is InChI=1S/C14H17N3O3/c1-8(2)15-13(19)7-17-9(3)16-12-5-4-10(18)6-11(12)14(17)20/h4-6,8,18H,7H2,1-3H3,(H,15,19). The fraction of sp³-hybridized carbons (Fsp3) is 0.357. The second-order valence-corrected chi connectivity index (χ2v) is 4.97. The van der Waals surface area contributed by atoms with Gasteiger partial charge in [-0.05, 0) is 39.0 Å². The van der Waals surface area contributed by atoms with Crippen molar-refractivity contribution in [2.24, 2.45) is 0 Å². The zero-order chi connectivity index (χ0) is 14.9. The number of benzene rings is 1. The summed E-state index contributed by atoms with van der Waals surface area (Å²) in [5, 5.41) is 12.5. The van der Waals surface area contributed by atoms with Gasteiger partial charge < -0.3 is 10.4 Å². The lowest BCUT2D eigenvalue weighted by Gasteiger charge is -2.12. The Labute approximate surface area is 116 Å². The van der Waals surface area contributed by atoms with E-state index in [-0.39, 0.29) is 29.8 Å². The van der Waals surface area contributed by atoms with Crippen molar-refractivity contribution < 1.29 is 9.90 Å². The second kappa shape index (κ2) is 5.32. The van der Waals surface area contributed by atoms with Crippen molar-refractivity contribution >= 4 is 16.8 Å². The van der Waals surface area contributed by atoms with Gasteiger partial charge in [-0.1, -0.05) is 0 Å². The molecule has 0 saturated heterocycles. The molecule has 6 heteroatoms. The average molecular weight is 275 g/mol. The van der Waals surface area contributed by atoms with Crippen LogP contribution in [0, 0.1) is 6.92 Å². The molecule has 0 aliphatic heterocycles. The predicted molar refractivity (Wildman–Crippen MR) is 75.7 cm³/mol. The zero-order valence-electron chi connectivity index (χ0n) is 11.7. The van der Waals surface area contributed by atoms with Gasteiger partial charge in [0.05, 0.1) is 10.9 Å². The minimum Gasteiger partial charge on any atom is -0.508 e. The topological polar surface area (TPSA) is 84.2 Å². The van der Waals surface area contributed by atoms with Crippen molar-refractivity contribution in [2.75, 3.05) is 0 Å². The molecule has 1 aromatic heterocycles. The maximum Gasteiger partial charge on any atom is 0.261 e. The van der Waals surface area contributed by atoms with Crippen molar-refractivity contribution in [1.29, 1.82) is 0 Å². The first-order valence-corrected chi connectivity index (χ1v) is 6.38. The van der Waals surface area contributed by atoms with Crippen LogP contribution in [0.1, 0.15) is 19.7 Å². The summed E-state index contributed by atoms with van der Waals surface area (Å²) in [6.07, 6.45) is 0. The third kappa shape index (κ3) is 2.79. The highest BCUT2D eigenvalue weighted by Crippen LogP contribution is 2.15. The maximum atomic E-state index is 12.4. The first kappa shape index (κ1) is 14.0. The minimum atomic E-state index is -0.331. The first-order chi connectivity index (χ1) is 9.38. The van der Waals surface area contributed by atoms with Gasteiger partial charge in [0.1, 0.15) is 18.1 Å². The number of phenols is 1. The number of rotatable bonds is 3. The van der Waals surface area contributed by atoms with Gasteiger partial charge in [0, 0.05) is 6.04 Å². The number of carbonyl (C=O) groups excluding carboxylic acids is 1. The number of fused-ring (bicyclic) bond motifs is 1. The number of aromatic hydroxyl groups is 1. The smallest absolute Gasteiger partial charge is 0.261 e. The Morgan fingerprint density at radius 2 is 2.15 bits per heavy atom. The Morgan fingerprint density at radius 3 is 2.80 bits per heavy atom. The van der Waals surface area contributed by atoms with Crippen LogP contribution in [-0.2, 0) is 11.3 Å². The van der Waals surface area contributed by atoms with Crippen molar-refractivity contribution in [1.82, 2.24) is 14.9 Å². The summed E-state index contributed by atoms with van der Waals surface area (Å²) in [6, 6.07) is 4.43. The molecule has 0 unspecified atom stereocenters. The van der Waals surface area contributed by atoms with E-state index in [4.69, 9.17) is 0 Å². The molecule has 2 rings (SSSR count). The second-order valence-electron chi connectivity index (χ2n) is 4.97. The van der Waals surface area contributed by atoms with Gasteiger partial charge in [-0.2, -0.15) is 0 Å². The van der Waals surface area contributed by atoms with Gasteiger partial charge in [-0.15, -0.1) is 0 Å². The van der Waals surface area contributed by atoms with Crippen LogP contribution in [-0.4, -0.2) is 26.6 Å². The van der Waals surface area contributed by atoms with Crippen molar-refractivity contribution in [2.45, 2.75) is 33.4 Å². The van der Waals surface area contributed by atoms with E-state index in [1.165, 1.54) is 16.7 Å². The first-order valence-electron chi connectivity index (χ1n) is 6.38. The molecule has 1 amide bonds. The lowest BCUT2D eigenvalue weighted by atomic mass is 10.2. The molecule has 6 nitrogen and oxygen atoms in total. The van der Waals surface area contributed by atoms with Crippen LogP contribution in [0.3, 0.4) is 0 Å². The summed E-state index contributed by atoms with van der Waals surface area (Å²) in [5.41, 5.74) is 0.174. The Bertz CT molecular complexity index is 719. The number of hydrogen-bond donors (Lipinski definition) is 2. The molecule has 106 valence electrons. The number of nitrogens with zero attached hydrogens (tertiary/aromatic N) is 2. The predicted octanol–water partition coefficient (Wildman–Crippen LogP) is 0.935. The van der Waals surface area contributed by atoms with E-state index in [0.717, 1.165) is 0 Å². The van der Waals surface area contributed by atoms with Crippen LogP contribution in [0.4, 0.5) is 0 Å². The molecule has 20 heavy (non-hydrogen) atoms. The third-order valence-electron chi connectivity index (χ3n) is 2.88. The van der Waals surface area contributed by atoms with Gasteiger partial charge in [0.2, 0.25) is 5.91 Å². The Hall–Kier alpha value is -2.37. The monoisotopic (exact) mass is 275 g/mol. The molecule has 0 saturated carbocycles. The van der Waals surface area contributed by atoms with E-state index in [0.29, 0.717) is 16.7 Å². The van der Waals surface area contributed by atoms with Gasteiger partial charge >= 0.3 is 0 Å². The number of amides is 1. The van der Waals surface area contributed by atoms with Crippen LogP contribution in [0.15, 0.2) is 23.0 Å². The van der Waals surface area contributed by atoms with Crippen molar-refractivity contribution in [3.05, 3.63) is 34.4 Å². The molecular formula is C14H17N3O3. The fourth-order valence-electron chi connectivity index (χ4n) is 2.02. The fourth-order valence-corrected chi connectivity index (χ4v) is 2.02. The molecule has 2 aromatic rings. The summed E-state index contributed by atoms with van der Waals surface area (Å²) in [4.78, 5) is 28.4. The number of carbonyl (C=O) groups is 1. The Morgan fingerprint density at radius 1 is 1.45 bits per heavy atom. The van der Waals surface area contributed by atoms with Crippen LogP contribution >= 0.6 is 0 Å². The lowest BCUT2D eigenvalue weighted by molar-refractivity contribution is -0.122. The molecule has 0 aliphatic carbocycles. The number of aryl methyl sites for hydroxylation is 1. The lowest BCUT2D eigenvalue weighted by Crippen LogP contribution is -2.37. The van der Waals surface area contributed by atoms with Crippen LogP contribution < -0.4 is 10.9 Å². The molecule has 0 atom stereocenters. The average Bonchev–Trinajstić information content (AvgIpc) is 2.35. The molecule has 0 aliphatic rings. The molecule has 1 heterocycles. The Balaban J connectivity index is 2.48. The number of phenolic OH excluding ortho intramolecular Hbond substituents is 1. The van der Waals surface area contributed by atoms with E-state index in [2.05, 4.69) is 10.3 Å². The van der Waals surface area contributed by atoms with Crippen LogP contribution in [0.5, 0.6) is 5.75 Å². The van der Waals surface area contributed by atoms with E-state index >= 15 is 0 Å². The zero-order valence-corrected chi connectivity index (χ0v) is 11.7. The van der Waals surface area contributed by atoms with Crippen LogP contribution in [0.2, 0.25) is 0 Å². The highest BCUT2D eigenvalue weighted by atomic mass is 16.3. The molecule has 0 spiro atoms. The van der Waals surface area contributed by atoms with Crippen LogP contribution in [0.25, 0.3) is 10.9 Å². The highest BCUT2D eigenvalue weighted by molar-refractivity contribution is 5.80. The maximum absolute atomic E-state index is 12.4. The third-order valence-corrected chi connectivity index (χ3v) is 2.88. The van der Waals surface area contributed by atoms with Crippen molar-refractivity contribution in [3.63, 3.8) is 0 Å². The molecular weight excluding hydrogens is 258 g/mol. The molecule has 0 radical (unpaired) electrons. The summed E-state index contributed by atoms with van der Waals surface area (Å²) in [5.74, 6) is 0.219. The SMILES string of the molecule is Cc1nc2ccc(O)cc2c(=O)n1CC(=O)NC(C)C. The molecule has 1 aromatic carbocycles. The molecule has 0 fully saturated rings. The largest absolute Gasteiger partial charge is 0.508 e. The molecule has 0 bridgehead atoms. The summed E-state index contributed by atoms with van der Waals surface area (Å²) in [7, 11) is 0. The number of aromatic nitrogens is 2. The minimum absolute atomic E-state index is 0.00145.